The molecule has 3 unspecified atom stereocenters. The second kappa shape index (κ2) is 11.9. The number of benzene rings is 2. The first-order valence-corrected chi connectivity index (χ1v) is 12.9. The van der Waals surface area contributed by atoms with Crippen molar-refractivity contribution in [2.24, 2.45) is 5.92 Å². The van der Waals surface area contributed by atoms with Crippen molar-refractivity contribution < 1.29 is 28.6 Å². The highest BCUT2D eigenvalue weighted by atomic mass is 32.2. The largest absolute Gasteiger partial charge is 0.497 e. The van der Waals surface area contributed by atoms with E-state index in [1.54, 1.807) is 73.7 Å². The van der Waals surface area contributed by atoms with Crippen molar-refractivity contribution in [3.8, 4) is 11.8 Å². The summed E-state index contributed by atoms with van der Waals surface area (Å²) in [5, 5.41) is 28.3. The summed E-state index contributed by atoms with van der Waals surface area (Å²) in [5.74, 6) is -2.41. The Morgan fingerprint density at radius 2 is 1.97 bits per heavy atom. The molecule has 0 radical (unpaired) electrons. The van der Waals surface area contributed by atoms with Gasteiger partial charge in [0.1, 0.15) is 17.4 Å². The van der Waals surface area contributed by atoms with E-state index < -0.39 is 23.5 Å². The van der Waals surface area contributed by atoms with E-state index in [1.165, 1.54) is 13.4 Å². The number of ether oxygens (including phenoxy) is 2. The van der Waals surface area contributed by atoms with E-state index in [0.717, 1.165) is 11.8 Å². The zero-order valence-electron chi connectivity index (χ0n) is 20.8. The highest BCUT2D eigenvalue weighted by Gasteiger charge is 2.55. The van der Waals surface area contributed by atoms with Gasteiger partial charge in [0.25, 0.3) is 0 Å². The second-order valence-corrected chi connectivity index (χ2v) is 9.39. The number of carbonyl (C=O) groups is 2. The topological polar surface area (TPSA) is 134 Å². The van der Waals surface area contributed by atoms with Gasteiger partial charge in [-0.2, -0.15) is 5.26 Å². The maximum atomic E-state index is 13.3. The number of allylic oxidation sites excluding steroid dienone is 1. The van der Waals surface area contributed by atoms with Crippen LogP contribution in [0.3, 0.4) is 0 Å². The Morgan fingerprint density at radius 3 is 2.63 bits per heavy atom. The number of amides is 1. The van der Waals surface area contributed by atoms with Crippen molar-refractivity contribution in [2.75, 3.05) is 24.8 Å². The monoisotopic (exact) mass is 533 g/mol. The molecule has 1 aliphatic heterocycles. The summed E-state index contributed by atoms with van der Waals surface area (Å²) in [6.45, 7) is 1.75. The van der Waals surface area contributed by atoms with Crippen molar-refractivity contribution in [3.63, 3.8) is 0 Å². The number of methoxy groups -OCH3 is 1. The lowest BCUT2D eigenvalue weighted by atomic mass is 9.73. The fourth-order valence-corrected chi connectivity index (χ4v) is 5.30. The van der Waals surface area contributed by atoms with Crippen LogP contribution >= 0.6 is 11.8 Å². The number of aliphatic hydroxyl groups is 1. The quantitative estimate of drug-likeness (QED) is 0.348. The number of thioether (sulfide) groups is 1. The molecule has 2 heterocycles. The third kappa shape index (κ3) is 5.54. The molecule has 0 saturated heterocycles. The van der Waals surface area contributed by atoms with Gasteiger partial charge >= 0.3 is 5.97 Å². The molecular weight excluding hydrogens is 506 g/mol. The number of rotatable bonds is 9. The van der Waals surface area contributed by atoms with Crippen molar-refractivity contribution >= 4 is 29.3 Å². The number of carbonyl (C=O) groups excluding carboxylic acids is 2. The first-order valence-electron chi connectivity index (χ1n) is 11.9. The Kier molecular flexibility index (Phi) is 8.41. The molecule has 0 fully saturated rings. The molecule has 0 aliphatic carbocycles. The van der Waals surface area contributed by atoms with Crippen LogP contribution in [0.4, 0.5) is 5.69 Å². The Hall–Kier alpha value is -4.20. The Bertz CT molecular complexity index is 1350. The fourth-order valence-electron chi connectivity index (χ4n) is 4.39. The lowest BCUT2D eigenvalue weighted by molar-refractivity contribution is -0.164. The second-order valence-electron chi connectivity index (χ2n) is 8.40. The van der Waals surface area contributed by atoms with Crippen LogP contribution in [-0.4, -0.2) is 36.5 Å². The molecule has 3 aromatic rings. The summed E-state index contributed by atoms with van der Waals surface area (Å²) in [5.41, 5.74) is -0.863. The molecule has 4 rings (SSSR count). The van der Waals surface area contributed by atoms with Crippen LogP contribution in [0.1, 0.15) is 24.2 Å². The number of hydrogen-bond acceptors (Lipinski definition) is 9. The van der Waals surface area contributed by atoms with Crippen molar-refractivity contribution in [3.05, 3.63) is 94.9 Å². The van der Waals surface area contributed by atoms with Crippen LogP contribution in [0.15, 0.2) is 88.0 Å². The van der Waals surface area contributed by atoms with Gasteiger partial charge in [0.15, 0.2) is 5.72 Å². The molecule has 3 N–H and O–H groups in total. The summed E-state index contributed by atoms with van der Waals surface area (Å²) in [6.07, 6.45) is 1.44. The Balaban J connectivity index is 1.72. The van der Waals surface area contributed by atoms with Crippen molar-refractivity contribution in [1.29, 1.82) is 5.26 Å². The minimum Gasteiger partial charge on any atom is -0.497 e. The van der Waals surface area contributed by atoms with Crippen LogP contribution in [-0.2, 0) is 20.1 Å². The zero-order valence-corrected chi connectivity index (χ0v) is 21.7. The molecule has 38 heavy (non-hydrogen) atoms. The molecule has 0 spiro atoms. The first kappa shape index (κ1) is 26.9. The number of nitriles is 1. The summed E-state index contributed by atoms with van der Waals surface area (Å²) >= 11 is 1.04. The van der Waals surface area contributed by atoms with Gasteiger partial charge in [0.05, 0.1) is 48.3 Å². The van der Waals surface area contributed by atoms with E-state index in [1.807, 2.05) is 0 Å². The van der Waals surface area contributed by atoms with Gasteiger partial charge < -0.3 is 29.6 Å². The fraction of sp³-hybridized carbons (Fsp3) is 0.250. The minimum atomic E-state index is -1.96. The highest BCUT2D eigenvalue weighted by Crippen LogP contribution is 2.49. The number of nitrogens with one attached hydrogen (secondary N) is 2. The van der Waals surface area contributed by atoms with E-state index in [2.05, 4.69) is 16.7 Å². The third-order valence-electron chi connectivity index (χ3n) is 6.07. The summed E-state index contributed by atoms with van der Waals surface area (Å²) in [4.78, 5) is 26.1. The maximum absolute atomic E-state index is 13.3. The number of hydrogen-bond donors (Lipinski definition) is 3. The molecule has 9 nitrogen and oxygen atoms in total. The number of furan rings is 1. The van der Waals surface area contributed by atoms with Gasteiger partial charge in [-0.3, -0.25) is 9.59 Å². The van der Waals surface area contributed by atoms with Crippen molar-refractivity contribution in [2.45, 2.75) is 18.6 Å². The van der Waals surface area contributed by atoms with Gasteiger partial charge in [-0.15, -0.1) is 0 Å². The third-order valence-corrected chi connectivity index (χ3v) is 7.09. The Labute approximate surface area is 224 Å². The number of anilines is 1. The van der Waals surface area contributed by atoms with Crippen LogP contribution < -0.4 is 15.4 Å². The molecule has 1 aromatic heterocycles. The van der Waals surface area contributed by atoms with Gasteiger partial charge in [-0.05, 0) is 31.2 Å². The summed E-state index contributed by atoms with van der Waals surface area (Å²) in [6, 6.07) is 21.0. The van der Waals surface area contributed by atoms with Gasteiger partial charge in [-0.1, -0.05) is 48.2 Å². The van der Waals surface area contributed by atoms with E-state index in [-0.39, 0.29) is 28.9 Å². The average Bonchev–Trinajstić information content (AvgIpc) is 3.47. The number of nitrogens with zero attached hydrogens (tertiary/aromatic N) is 1. The lowest BCUT2D eigenvalue weighted by Crippen LogP contribution is -2.56. The molecule has 0 bridgehead atoms. The molecular formula is C28H27N3O6S. The van der Waals surface area contributed by atoms with E-state index in [4.69, 9.17) is 13.9 Å². The zero-order chi connectivity index (χ0) is 27.1. The molecule has 1 aliphatic rings. The standard InChI is InChI=1S/C28H27N3O6S/c1-3-36-27(33)25-24(22-13-8-14-37-22)21(16-29)26(31-28(25,34)18-9-5-4-6-10-18)38-17-23(32)30-19-11-7-12-20(15-19)35-2/h4-15,24-25,31,34H,3,17H2,1-2H3,(H,30,32). The molecule has 10 heteroatoms. The van der Waals surface area contributed by atoms with Crippen LogP contribution in [0.5, 0.6) is 5.75 Å². The van der Waals surface area contributed by atoms with Crippen molar-refractivity contribution in [1.82, 2.24) is 5.32 Å². The molecule has 196 valence electrons. The molecule has 0 saturated carbocycles. The summed E-state index contributed by atoms with van der Waals surface area (Å²) < 4.78 is 16.2. The maximum Gasteiger partial charge on any atom is 0.315 e. The van der Waals surface area contributed by atoms with Gasteiger partial charge in [0, 0.05) is 17.3 Å². The predicted octanol–water partition coefficient (Wildman–Crippen LogP) is 4.11. The predicted molar refractivity (Wildman–Crippen MR) is 142 cm³/mol. The molecule has 3 atom stereocenters. The first-order chi connectivity index (χ1) is 18.4. The molecule has 2 aromatic carbocycles. The van der Waals surface area contributed by atoms with Crippen LogP contribution in [0.2, 0.25) is 0 Å². The van der Waals surface area contributed by atoms with E-state index >= 15 is 0 Å². The van der Waals surface area contributed by atoms with Crippen LogP contribution in [0, 0.1) is 17.2 Å². The summed E-state index contributed by atoms with van der Waals surface area (Å²) in [7, 11) is 1.54. The SMILES string of the molecule is CCOC(=O)C1C(c2ccco2)C(C#N)=C(SCC(=O)Nc2cccc(OC)c2)NC1(O)c1ccccc1. The smallest absolute Gasteiger partial charge is 0.315 e. The molecule has 1 amide bonds. The van der Waals surface area contributed by atoms with Gasteiger partial charge in [-0.25, -0.2) is 0 Å². The minimum absolute atomic E-state index is 0.0788. The number of esters is 1. The average molecular weight is 534 g/mol. The Morgan fingerprint density at radius 1 is 1.18 bits per heavy atom. The lowest BCUT2D eigenvalue weighted by Gasteiger charge is -2.44. The highest BCUT2D eigenvalue weighted by molar-refractivity contribution is 8.03. The van der Waals surface area contributed by atoms with E-state index in [0.29, 0.717) is 22.8 Å². The normalized spacial score (nSPS) is 20.7. The van der Waals surface area contributed by atoms with E-state index in [9.17, 15) is 20.0 Å². The van der Waals surface area contributed by atoms with Gasteiger partial charge in [0.2, 0.25) is 5.91 Å². The van der Waals surface area contributed by atoms with Crippen LogP contribution in [0.25, 0.3) is 0 Å².